The molecule has 0 amide bonds. The van der Waals surface area contributed by atoms with E-state index in [1.165, 1.54) is 45.3 Å². The van der Waals surface area contributed by atoms with E-state index < -0.39 is 0 Å². The first-order chi connectivity index (χ1) is 9.81. The van der Waals surface area contributed by atoms with Crippen LogP contribution in [0, 0.1) is 11.8 Å². The average Bonchev–Trinajstić information content (AvgIpc) is 2.74. The fourth-order valence-electron chi connectivity index (χ4n) is 4.95. The Morgan fingerprint density at radius 2 is 1.70 bits per heavy atom. The van der Waals surface area contributed by atoms with Crippen molar-refractivity contribution in [3.63, 3.8) is 0 Å². The summed E-state index contributed by atoms with van der Waals surface area (Å²) in [4.78, 5) is 2.81. The maximum absolute atomic E-state index is 3.59. The summed E-state index contributed by atoms with van der Waals surface area (Å²) in [7, 11) is 0. The minimum absolute atomic E-state index is 0.661. The number of hydrogen-bond donors (Lipinski definition) is 1. The Labute approximate surface area is 122 Å². The molecule has 3 atom stereocenters. The Kier molecular flexibility index (Phi) is 3.31. The van der Waals surface area contributed by atoms with E-state index >= 15 is 0 Å². The molecule has 1 aliphatic heterocycles. The van der Waals surface area contributed by atoms with Crippen molar-refractivity contribution in [1.82, 2.24) is 10.2 Å². The predicted molar refractivity (Wildman–Crippen MR) is 82.9 cm³/mol. The third-order valence-electron chi connectivity index (χ3n) is 5.78. The van der Waals surface area contributed by atoms with E-state index in [0.29, 0.717) is 6.04 Å². The number of nitrogens with one attached hydrogen (secondary N) is 1. The Balaban J connectivity index is 1.60. The number of benzene rings is 1. The molecule has 3 unspecified atom stereocenters. The van der Waals surface area contributed by atoms with Gasteiger partial charge >= 0.3 is 0 Å². The van der Waals surface area contributed by atoms with Gasteiger partial charge in [0.05, 0.1) is 0 Å². The van der Waals surface area contributed by atoms with E-state index in [1.54, 1.807) is 11.1 Å². The summed E-state index contributed by atoms with van der Waals surface area (Å²) >= 11 is 0. The number of fused-ring (bicyclic) bond motifs is 3. The molecule has 108 valence electrons. The van der Waals surface area contributed by atoms with Gasteiger partial charge in [-0.05, 0) is 55.6 Å². The number of rotatable bonds is 1. The standard InChI is InChI=1S/C18H26N2/c1-13-12-20(9-8-19-13)18-16-6-7-17(18)11-15-5-3-2-4-14(15)10-16/h2-5,13,16-19H,6-12H2,1H3. The summed E-state index contributed by atoms with van der Waals surface area (Å²) in [5.41, 5.74) is 3.26. The van der Waals surface area contributed by atoms with Crippen LogP contribution in [0.25, 0.3) is 0 Å². The number of piperazine rings is 1. The largest absolute Gasteiger partial charge is 0.312 e. The van der Waals surface area contributed by atoms with Gasteiger partial charge < -0.3 is 5.32 Å². The van der Waals surface area contributed by atoms with Crippen LogP contribution in [0.4, 0.5) is 0 Å². The van der Waals surface area contributed by atoms with Gasteiger partial charge in [0.25, 0.3) is 0 Å². The van der Waals surface area contributed by atoms with Crippen molar-refractivity contribution >= 4 is 0 Å². The zero-order valence-electron chi connectivity index (χ0n) is 12.5. The fraction of sp³-hybridized carbons (Fsp3) is 0.667. The van der Waals surface area contributed by atoms with Crippen molar-refractivity contribution in [1.29, 1.82) is 0 Å². The maximum Gasteiger partial charge on any atom is 0.0167 e. The molecule has 2 aliphatic carbocycles. The first-order valence-electron chi connectivity index (χ1n) is 8.35. The topological polar surface area (TPSA) is 15.3 Å². The van der Waals surface area contributed by atoms with E-state index in [1.807, 2.05) is 0 Å². The summed E-state index contributed by atoms with van der Waals surface area (Å²) in [5, 5.41) is 3.59. The molecule has 1 N–H and O–H groups in total. The van der Waals surface area contributed by atoms with E-state index in [0.717, 1.165) is 17.9 Å². The highest BCUT2D eigenvalue weighted by Crippen LogP contribution is 2.42. The van der Waals surface area contributed by atoms with Crippen LogP contribution in [0.2, 0.25) is 0 Å². The van der Waals surface area contributed by atoms with E-state index in [4.69, 9.17) is 0 Å². The van der Waals surface area contributed by atoms with E-state index in [9.17, 15) is 0 Å². The number of nitrogens with zero attached hydrogens (tertiary/aromatic N) is 1. The minimum atomic E-state index is 0.661. The van der Waals surface area contributed by atoms with Gasteiger partial charge in [0.1, 0.15) is 0 Å². The van der Waals surface area contributed by atoms with Crippen LogP contribution in [0.5, 0.6) is 0 Å². The first-order valence-corrected chi connectivity index (χ1v) is 8.35. The minimum Gasteiger partial charge on any atom is -0.312 e. The molecule has 2 nitrogen and oxygen atoms in total. The van der Waals surface area contributed by atoms with Crippen molar-refractivity contribution in [2.75, 3.05) is 19.6 Å². The summed E-state index contributed by atoms with van der Waals surface area (Å²) in [5.74, 6) is 1.79. The fourth-order valence-corrected chi connectivity index (χ4v) is 4.95. The molecule has 1 saturated carbocycles. The smallest absolute Gasteiger partial charge is 0.0167 e. The molecule has 0 aromatic heterocycles. The van der Waals surface area contributed by atoms with Gasteiger partial charge in [-0.15, -0.1) is 0 Å². The van der Waals surface area contributed by atoms with Gasteiger partial charge in [-0.2, -0.15) is 0 Å². The molecular formula is C18H26N2. The molecule has 1 heterocycles. The highest BCUT2D eigenvalue weighted by molar-refractivity contribution is 5.31. The van der Waals surface area contributed by atoms with Crippen molar-refractivity contribution in [2.24, 2.45) is 11.8 Å². The van der Waals surface area contributed by atoms with Crippen LogP contribution in [0.15, 0.2) is 24.3 Å². The third-order valence-corrected chi connectivity index (χ3v) is 5.78. The van der Waals surface area contributed by atoms with Crippen molar-refractivity contribution in [3.05, 3.63) is 35.4 Å². The normalized spacial score (nSPS) is 37.5. The van der Waals surface area contributed by atoms with E-state index in [-0.39, 0.29) is 0 Å². The molecule has 1 aromatic carbocycles. The van der Waals surface area contributed by atoms with E-state index in [2.05, 4.69) is 41.4 Å². The molecule has 20 heavy (non-hydrogen) atoms. The first kappa shape index (κ1) is 12.8. The van der Waals surface area contributed by atoms with Crippen molar-refractivity contribution in [3.8, 4) is 0 Å². The van der Waals surface area contributed by atoms with Gasteiger partial charge in [-0.1, -0.05) is 24.3 Å². The average molecular weight is 270 g/mol. The second-order valence-electron chi connectivity index (χ2n) is 7.12. The van der Waals surface area contributed by atoms with Crippen LogP contribution < -0.4 is 5.32 Å². The Hall–Kier alpha value is -0.860. The molecule has 1 aromatic rings. The van der Waals surface area contributed by atoms with Crippen LogP contribution >= 0.6 is 0 Å². The molecule has 3 aliphatic rings. The monoisotopic (exact) mass is 270 g/mol. The third kappa shape index (κ3) is 2.19. The van der Waals surface area contributed by atoms with Gasteiger partial charge in [0.15, 0.2) is 0 Å². The van der Waals surface area contributed by atoms with Gasteiger partial charge in [-0.25, -0.2) is 0 Å². The lowest BCUT2D eigenvalue weighted by atomic mass is 9.92. The van der Waals surface area contributed by atoms with Gasteiger partial charge in [-0.3, -0.25) is 4.90 Å². The maximum atomic E-state index is 3.59. The van der Waals surface area contributed by atoms with Crippen molar-refractivity contribution < 1.29 is 0 Å². The molecule has 1 saturated heterocycles. The predicted octanol–water partition coefficient (Wildman–Crippen LogP) is 2.47. The second-order valence-corrected chi connectivity index (χ2v) is 7.12. The molecule has 4 rings (SSSR count). The molecule has 0 radical (unpaired) electrons. The molecular weight excluding hydrogens is 244 g/mol. The lowest BCUT2D eigenvalue weighted by Gasteiger charge is -2.40. The Morgan fingerprint density at radius 1 is 1.05 bits per heavy atom. The van der Waals surface area contributed by atoms with Crippen LogP contribution in [0.1, 0.15) is 30.9 Å². The lowest BCUT2D eigenvalue weighted by molar-refractivity contribution is 0.0957. The summed E-state index contributed by atoms with van der Waals surface area (Å²) in [6.45, 7) is 6.00. The highest BCUT2D eigenvalue weighted by atomic mass is 15.2. The molecule has 2 heteroatoms. The lowest BCUT2D eigenvalue weighted by Crippen LogP contribution is -2.55. The number of hydrogen-bond acceptors (Lipinski definition) is 2. The van der Waals surface area contributed by atoms with Crippen LogP contribution in [0.3, 0.4) is 0 Å². The summed E-state index contributed by atoms with van der Waals surface area (Å²) < 4.78 is 0. The van der Waals surface area contributed by atoms with Crippen molar-refractivity contribution in [2.45, 2.75) is 44.7 Å². The zero-order chi connectivity index (χ0) is 13.5. The molecule has 0 spiro atoms. The van der Waals surface area contributed by atoms with Gasteiger partial charge in [0, 0.05) is 31.7 Å². The SMILES string of the molecule is CC1CN(C2C3CCC2Cc2ccccc2C3)CCN1. The summed E-state index contributed by atoms with van der Waals surface area (Å²) in [6.07, 6.45) is 5.52. The molecule has 2 fully saturated rings. The van der Waals surface area contributed by atoms with Crippen LogP contribution in [-0.2, 0) is 12.8 Å². The zero-order valence-corrected chi connectivity index (χ0v) is 12.5. The quantitative estimate of drug-likeness (QED) is 0.843. The van der Waals surface area contributed by atoms with Crippen LogP contribution in [-0.4, -0.2) is 36.6 Å². The summed E-state index contributed by atoms with van der Waals surface area (Å²) in [6, 6.07) is 10.7. The Morgan fingerprint density at radius 3 is 2.30 bits per heavy atom. The second kappa shape index (κ2) is 5.16. The Bertz CT molecular complexity index is 451. The highest BCUT2D eigenvalue weighted by Gasteiger charge is 2.42. The van der Waals surface area contributed by atoms with Gasteiger partial charge in [0.2, 0.25) is 0 Å². The molecule has 2 bridgehead atoms.